The Labute approximate surface area is 126 Å². The molecule has 0 fully saturated rings. The van der Waals surface area contributed by atoms with Crippen LogP contribution in [0.25, 0.3) is 0 Å². The summed E-state index contributed by atoms with van der Waals surface area (Å²) in [6.45, 7) is 4.68. The number of carbonyl (C=O) groups excluding carboxylic acids is 1. The number of hydrogen-bond donors (Lipinski definition) is 0. The molecule has 0 atom stereocenters. The van der Waals surface area contributed by atoms with Gasteiger partial charge in [-0.05, 0) is 38.5 Å². The van der Waals surface area contributed by atoms with Crippen molar-refractivity contribution in [3.05, 3.63) is 33.8 Å². The maximum absolute atomic E-state index is 12.4. The van der Waals surface area contributed by atoms with Crippen molar-refractivity contribution >= 4 is 45.0 Å². The zero-order valence-electron chi connectivity index (χ0n) is 10.4. The van der Waals surface area contributed by atoms with Crippen molar-refractivity contribution < 1.29 is 4.79 Å². The standard InChI is InChI=1S/C13H16BrCl2NO/c1-9(2)17(7-3-6-14)13(18)11-8-10(15)4-5-12(11)16/h4-5,8-9H,3,6-7H2,1-2H3. The highest BCUT2D eigenvalue weighted by atomic mass is 79.9. The normalized spacial score (nSPS) is 10.8. The molecular formula is C13H16BrCl2NO. The molecule has 1 amide bonds. The largest absolute Gasteiger partial charge is 0.336 e. The van der Waals surface area contributed by atoms with Gasteiger partial charge in [0, 0.05) is 22.9 Å². The zero-order valence-corrected chi connectivity index (χ0v) is 13.5. The molecule has 0 N–H and O–H groups in total. The Morgan fingerprint density at radius 2 is 2.06 bits per heavy atom. The molecule has 100 valence electrons. The van der Waals surface area contributed by atoms with Crippen molar-refractivity contribution in [3.63, 3.8) is 0 Å². The van der Waals surface area contributed by atoms with E-state index in [4.69, 9.17) is 23.2 Å². The fourth-order valence-corrected chi connectivity index (χ4v) is 2.26. The lowest BCUT2D eigenvalue weighted by Crippen LogP contribution is -2.38. The van der Waals surface area contributed by atoms with Crippen molar-refractivity contribution in [1.29, 1.82) is 0 Å². The third kappa shape index (κ3) is 4.15. The molecular weight excluding hydrogens is 337 g/mol. The molecule has 0 heterocycles. The van der Waals surface area contributed by atoms with Crippen LogP contribution in [0.3, 0.4) is 0 Å². The van der Waals surface area contributed by atoms with E-state index < -0.39 is 0 Å². The van der Waals surface area contributed by atoms with Gasteiger partial charge < -0.3 is 4.90 Å². The second kappa shape index (κ2) is 7.37. The average molecular weight is 353 g/mol. The van der Waals surface area contributed by atoms with Crippen LogP contribution in [0.4, 0.5) is 0 Å². The monoisotopic (exact) mass is 351 g/mol. The zero-order chi connectivity index (χ0) is 13.7. The van der Waals surface area contributed by atoms with Crippen LogP contribution in [-0.2, 0) is 0 Å². The summed E-state index contributed by atoms with van der Waals surface area (Å²) in [5, 5.41) is 1.83. The molecule has 0 saturated carbocycles. The SMILES string of the molecule is CC(C)N(CCCBr)C(=O)c1cc(Cl)ccc1Cl. The molecule has 0 saturated heterocycles. The number of benzene rings is 1. The van der Waals surface area contributed by atoms with E-state index >= 15 is 0 Å². The third-order valence-electron chi connectivity index (χ3n) is 2.58. The van der Waals surface area contributed by atoms with E-state index in [1.165, 1.54) is 0 Å². The molecule has 0 aliphatic heterocycles. The van der Waals surface area contributed by atoms with E-state index in [1.807, 2.05) is 13.8 Å². The number of alkyl halides is 1. The van der Waals surface area contributed by atoms with Gasteiger partial charge in [0.05, 0.1) is 10.6 Å². The van der Waals surface area contributed by atoms with Crippen LogP contribution in [0.1, 0.15) is 30.6 Å². The molecule has 0 unspecified atom stereocenters. The van der Waals surface area contributed by atoms with E-state index in [0.29, 0.717) is 22.2 Å². The van der Waals surface area contributed by atoms with E-state index in [1.54, 1.807) is 23.1 Å². The van der Waals surface area contributed by atoms with Gasteiger partial charge in [-0.1, -0.05) is 39.1 Å². The molecule has 5 heteroatoms. The Bertz CT molecular complexity index is 423. The summed E-state index contributed by atoms with van der Waals surface area (Å²) >= 11 is 15.3. The molecule has 0 radical (unpaired) electrons. The summed E-state index contributed by atoms with van der Waals surface area (Å²) in [5.74, 6) is -0.0709. The first-order chi connectivity index (χ1) is 8.47. The van der Waals surface area contributed by atoms with Crippen molar-refractivity contribution in [3.8, 4) is 0 Å². The Morgan fingerprint density at radius 1 is 1.39 bits per heavy atom. The van der Waals surface area contributed by atoms with Gasteiger partial charge in [0.1, 0.15) is 0 Å². The maximum atomic E-state index is 12.4. The van der Waals surface area contributed by atoms with Gasteiger partial charge in [-0.15, -0.1) is 0 Å². The summed E-state index contributed by atoms with van der Waals surface area (Å²) in [7, 11) is 0. The smallest absolute Gasteiger partial charge is 0.255 e. The van der Waals surface area contributed by atoms with Gasteiger partial charge in [-0.2, -0.15) is 0 Å². The van der Waals surface area contributed by atoms with E-state index in [0.717, 1.165) is 11.8 Å². The van der Waals surface area contributed by atoms with Gasteiger partial charge >= 0.3 is 0 Å². The van der Waals surface area contributed by atoms with E-state index in [2.05, 4.69) is 15.9 Å². The first kappa shape index (κ1) is 15.8. The Morgan fingerprint density at radius 3 is 2.61 bits per heavy atom. The first-order valence-corrected chi connectivity index (χ1v) is 7.67. The third-order valence-corrected chi connectivity index (χ3v) is 3.70. The second-order valence-corrected chi connectivity index (χ2v) is 5.90. The van der Waals surface area contributed by atoms with Crippen LogP contribution in [-0.4, -0.2) is 28.7 Å². The number of rotatable bonds is 5. The molecule has 1 aromatic carbocycles. The van der Waals surface area contributed by atoms with Gasteiger partial charge in [-0.25, -0.2) is 0 Å². The highest BCUT2D eigenvalue weighted by Crippen LogP contribution is 2.23. The van der Waals surface area contributed by atoms with Crippen molar-refractivity contribution in [2.24, 2.45) is 0 Å². The maximum Gasteiger partial charge on any atom is 0.255 e. The summed E-state index contributed by atoms with van der Waals surface area (Å²) in [4.78, 5) is 14.2. The van der Waals surface area contributed by atoms with Crippen LogP contribution in [0.15, 0.2) is 18.2 Å². The number of carbonyl (C=O) groups is 1. The van der Waals surface area contributed by atoms with Gasteiger partial charge in [0.25, 0.3) is 5.91 Å². The van der Waals surface area contributed by atoms with Crippen LogP contribution in [0.2, 0.25) is 10.0 Å². The van der Waals surface area contributed by atoms with Crippen LogP contribution in [0.5, 0.6) is 0 Å². The second-order valence-electron chi connectivity index (χ2n) is 4.26. The van der Waals surface area contributed by atoms with Crippen molar-refractivity contribution in [2.75, 3.05) is 11.9 Å². The lowest BCUT2D eigenvalue weighted by molar-refractivity contribution is 0.0707. The Hall–Kier alpha value is -0.250. The summed E-state index contributed by atoms with van der Waals surface area (Å²) in [5.41, 5.74) is 0.465. The predicted molar refractivity (Wildman–Crippen MR) is 81.0 cm³/mol. The molecule has 0 spiro atoms. The number of nitrogens with zero attached hydrogens (tertiary/aromatic N) is 1. The fraction of sp³-hybridized carbons (Fsp3) is 0.462. The van der Waals surface area contributed by atoms with E-state index in [-0.39, 0.29) is 11.9 Å². The number of amides is 1. The molecule has 18 heavy (non-hydrogen) atoms. The van der Waals surface area contributed by atoms with Gasteiger partial charge in [-0.3, -0.25) is 4.79 Å². The lowest BCUT2D eigenvalue weighted by atomic mass is 10.1. The van der Waals surface area contributed by atoms with Crippen molar-refractivity contribution in [1.82, 2.24) is 4.90 Å². The minimum Gasteiger partial charge on any atom is -0.336 e. The summed E-state index contributed by atoms with van der Waals surface area (Å²) in [6.07, 6.45) is 0.905. The highest BCUT2D eigenvalue weighted by Gasteiger charge is 2.20. The molecule has 1 rings (SSSR count). The average Bonchev–Trinajstić information content (AvgIpc) is 2.32. The topological polar surface area (TPSA) is 20.3 Å². The molecule has 0 bridgehead atoms. The molecule has 0 aliphatic carbocycles. The minimum absolute atomic E-state index is 0.0709. The van der Waals surface area contributed by atoms with Crippen molar-refractivity contribution in [2.45, 2.75) is 26.3 Å². The van der Waals surface area contributed by atoms with Gasteiger partial charge in [0.15, 0.2) is 0 Å². The summed E-state index contributed by atoms with van der Waals surface area (Å²) < 4.78 is 0. The minimum atomic E-state index is -0.0709. The molecule has 0 aromatic heterocycles. The van der Waals surface area contributed by atoms with Gasteiger partial charge in [0.2, 0.25) is 0 Å². The van der Waals surface area contributed by atoms with Crippen LogP contribution in [0, 0.1) is 0 Å². The van der Waals surface area contributed by atoms with Crippen LogP contribution < -0.4 is 0 Å². The first-order valence-electron chi connectivity index (χ1n) is 5.79. The predicted octanol–water partition coefficient (Wildman–Crippen LogP) is 4.63. The quantitative estimate of drug-likeness (QED) is 0.707. The molecule has 0 aliphatic rings. The molecule has 2 nitrogen and oxygen atoms in total. The molecule has 1 aromatic rings. The Balaban J connectivity index is 2.98. The number of halogens is 3. The van der Waals surface area contributed by atoms with E-state index in [9.17, 15) is 4.79 Å². The Kier molecular flexibility index (Phi) is 6.47. The number of hydrogen-bond acceptors (Lipinski definition) is 1. The highest BCUT2D eigenvalue weighted by molar-refractivity contribution is 9.09. The lowest BCUT2D eigenvalue weighted by Gasteiger charge is -2.27. The summed E-state index contributed by atoms with van der Waals surface area (Å²) in [6, 6.07) is 5.08. The fourth-order valence-electron chi connectivity index (χ4n) is 1.64. The van der Waals surface area contributed by atoms with Crippen LogP contribution >= 0.6 is 39.1 Å².